The number of nitrogens with one attached hydrogen (secondary N) is 3. The highest BCUT2D eigenvalue weighted by Gasteiger charge is 2.40. The zero-order valence-electron chi connectivity index (χ0n) is 25.2. The third-order valence-corrected chi connectivity index (χ3v) is 9.15. The van der Waals surface area contributed by atoms with E-state index < -0.39 is 33.3 Å². The van der Waals surface area contributed by atoms with Gasteiger partial charge in [0, 0.05) is 31.0 Å². The van der Waals surface area contributed by atoms with E-state index in [0.717, 1.165) is 30.9 Å². The van der Waals surface area contributed by atoms with Gasteiger partial charge in [0.15, 0.2) is 9.84 Å². The van der Waals surface area contributed by atoms with Crippen molar-refractivity contribution in [1.82, 2.24) is 24.8 Å². The van der Waals surface area contributed by atoms with Gasteiger partial charge in [-0.1, -0.05) is 19.9 Å². The fraction of sp³-hybridized carbons (Fsp3) is 0.567. The number of rotatable bonds is 11. The largest absolute Gasteiger partial charge is 0.351 e. The Bertz CT molecular complexity index is 1530. The van der Waals surface area contributed by atoms with E-state index in [1.54, 1.807) is 13.1 Å². The molecule has 0 aliphatic heterocycles. The molecule has 6 atom stereocenters. The summed E-state index contributed by atoms with van der Waals surface area (Å²) in [5, 5.41) is 9.45. The molecule has 2 fully saturated rings. The van der Waals surface area contributed by atoms with Gasteiger partial charge in [0.05, 0.1) is 12.5 Å². The molecule has 2 heterocycles. The summed E-state index contributed by atoms with van der Waals surface area (Å²) < 4.78 is 25.6. The van der Waals surface area contributed by atoms with Gasteiger partial charge in [-0.25, -0.2) is 13.4 Å². The minimum absolute atomic E-state index is 0.0401. The highest BCUT2D eigenvalue weighted by Crippen LogP contribution is 2.44. The Balaban J connectivity index is 1.43. The number of anilines is 1. The van der Waals surface area contributed by atoms with Gasteiger partial charge >= 0.3 is 0 Å². The number of amides is 3. The molecule has 2 bridgehead atoms. The fourth-order valence-electron chi connectivity index (χ4n) is 6.63. The standard InChI is InChI=1S/C30H42N6O6S/c1-19-12-21-14-20(2)27(22(13-19)15-21)34-26(37)17-36-10-7-9-24(30(36)40)33-28(38)23(8-5-6-11-43(4,41)42)32-29(39)25-16-31-18-35(25)3/h6-7,9-11,16,18-23,27H,5,8,12-15,17H2,1-4H3,(H,32,39)(H,33,38)(H,34,37)/b11-6+/t19?,20?,21?,22?,23-,27?/m0/s1. The van der Waals surface area contributed by atoms with Gasteiger partial charge in [-0.2, -0.15) is 0 Å². The van der Waals surface area contributed by atoms with Crippen LogP contribution in [-0.2, 0) is 33.0 Å². The molecule has 2 aliphatic carbocycles. The number of fused-ring (bicyclic) bond motifs is 2. The predicted molar refractivity (Wildman–Crippen MR) is 163 cm³/mol. The second kappa shape index (κ2) is 13.7. The lowest BCUT2D eigenvalue weighted by Crippen LogP contribution is -2.51. The number of sulfone groups is 1. The summed E-state index contributed by atoms with van der Waals surface area (Å²) in [4.78, 5) is 56.4. The molecule has 12 nitrogen and oxygen atoms in total. The van der Waals surface area contributed by atoms with Crippen molar-refractivity contribution in [1.29, 1.82) is 0 Å². The number of carbonyl (C=O) groups excluding carboxylic acids is 3. The number of nitrogens with zero attached hydrogens (tertiary/aromatic N) is 3. The molecular weight excluding hydrogens is 572 g/mol. The molecule has 0 aromatic carbocycles. The van der Waals surface area contributed by atoms with Crippen LogP contribution in [0.4, 0.5) is 5.69 Å². The van der Waals surface area contributed by atoms with Crippen LogP contribution >= 0.6 is 0 Å². The van der Waals surface area contributed by atoms with Crippen LogP contribution in [0.3, 0.4) is 0 Å². The summed E-state index contributed by atoms with van der Waals surface area (Å²) in [5.74, 6) is 0.714. The summed E-state index contributed by atoms with van der Waals surface area (Å²) in [7, 11) is -1.72. The molecule has 2 saturated carbocycles. The van der Waals surface area contributed by atoms with Gasteiger partial charge in [0.25, 0.3) is 11.5 Å². The average Bonchev–Trinajstić information content (AvgIpc) is 3.35. The normalized spacial score (nSPS) is 24.3. The second-order valence-electron chi connectivity index (χ2n) is 12.3. The van der Waals surface area contributed by atoms with E-state index >= 15 is 0 Å². The molecule has 0 saturated heterocycles. The molecule has 2 aromatic heterocycles. The summed E-state index contributed by atoms with van der Waals surface area (Å²) in [6.07, 6.45) is 11.6. The van der Waals surface area contributed by atoms with Crippen LogP contribution in [0.5, 0.6) is 0 Å². The molecule has 3 amide bonds. The quantitative estimate of drug-likeness (QED) is 0.350. The van der Waals surface area contributed by atoms with Gasteiger partial charge in [-0.05, 0) is 74.3 Å². The number of pyridine rings is 1. The Kier molecular flexibility index (Phi) is 10.3. The van der Waals surface area contributed by atoms with Crippen molar-refractivity contribution in [2.75, 3.05) is 11.6 Å². The Morgan fingerprint density at radius 3 is 2.63 bits per heavy atom. The summed E-state index contributed by atoms with van der Waals surface area (Å²) >= 11 is 0. The van der Waals surface area contributed by atoms with Crippen molar-refractivity contribution in [2.45, 2.75) is 71.0 Å². The van der Waals surface area contributed by atoms with Crippen LogP contribution in [0.25, 0.3) is 0 Å². The Morgan fingerprint density at radius 1 is 1.16 bits per heavy atom. The molecular formula is C30H42N6O6S. The van der Waals surface area contributed by atoms with Gasteiger partial charge < -0.3 is 25.1 Å². The van der Waals surface area contributed by atoms with E-state index in [1.807, 2.05) is 0 Å². The van der Waals surface area contributed by atoms with E-state index in [1.165, 1.54) is 46.4 Å². The van der Waals surface area contributed by atoms with Gasteiger partial charge in [0.1, 0.15) is 24.0 Å². The number of hydrogen-bond donors (Lipinski definition) is 3. The first kappa shape index (κ1) is 32.2. The molecule has 13 heteroatoms. The van der Waals surface area contributed by atoms with Gasteiger partial charge in [-0.3, -0.25) is 19.2 Å². The predicted octanol–water partition coefficient (Wildman–Crippen LogP) is 2.23. The number of carbonyl (C=O) groups is 3. The van der Waals surface area contributed by atoms with Crippen LogP contribution in [0.15, 0.2) is 47.1 Å². The number of allylic oxidation sites excluding steroid dienone is 1. The van der Waals surface area contributed by atoms with Crippen molar-refractivity contribution < 1.29 is 22.8 Å². The fourth-order valence-corrected chi connectivity index (χ4v) is 7.12. The first-order valence-electron chi connectivity index (χ1n) is 14.7. The molecule has 0 radical (unpaired) electrons. The van der Waals surface area contributed by atoms with Crippen LogP contribution in [0.2, 0.25) is 0 Å². The molecule has 2 aliphatic rings. The monoisotopic (exact) mass is 614 g/mol. The highest BCUT2D eigenvalue weighted by molar-refractivity contribution is 7.93. The molecule has 5 unspecified atom stereocenters. The molecule has 3 N–H and O–H groups in total. The first-order chi connectivity index (χ1) is 20.3. The maximum absolute atomic E-state index is 13.3. The lowest BCUT2D eigenvalue weighted by Gasteiger charge is -2.46. The van der Waals surface area contributed by atoms with Crippen molar-refractivity contribution >= 4 is 33.2 Å². The Morgan fingerprint density at radius 2 is 1.93 bits per heavy atom. The SMILES string of the molecule is CC1CC2CC(C)C(NC(=O)Cn3cccc(NC(=O)[C@H](CC/C=C/S(C)(=O)=O)NC(=O)c4cncn4C)c3=O)C(C1)C2. The minimum Gasteiger partial charge on any atom is -0.351 e. The third-order valence-electron chi connectivity index (χ3n) is 8.46. The first-order valence-corrected chi connectivity index (χ1v) is 16.7. The topological polar surface area (TPSA) is 161 Å². The number of imidazole rings is 1. The van der Waals surface area contributed by atoms with Crippen LogP contribution in [-0.4, -0.2) is 58.6 Å². The smallest absolute Gasteiger partial charge is 0.274 e. The zero-order chi connectivity index (χ0) is 31.3. The van der Waals surface area contributed by atoms with E-state index in [2.05, 4.69) is 34.8 Å². The number of aryl methyl sites for hydroxylation is 1. The van der Waals surface area contributed by atoms with Crippen molar-refractivity contribution in [3.8, 4) is 0 Å². The molecule has 43 heavy (non-hydrogen) atoms. The lowest BCUT2D eigenvalue weighted by atomic mass is 9.63. The third kappa shape index (κ3) is 8.65. The van der Waals surface area contributed by atoms with E-state index in [0.29, 0.717) is 23.7 Å². The Labute approximate surface area is 252 Å². The van der Waals surface area contributed by atoms with E-state index in [4.69, 9.17) is 0 Å². The summed E-state index contributed by atoms with van der Waals surface area (Å²) in [5.41, 5.74) is -0.368. The van der Waals surface area contributed by atoms with Crippen LogP contribution in [0.1, 0.15) is 62.9 Å². The second-order valence-corrected chi connectivity index (χ2v) is 14.2. The summed E-state index contributed by atoms with van der Waals surface area (Å²) in [6.45, 7) is 4.27. The van der Waals surface area contributed by atoms with E-state index in [-0.39, 0.29) is 42.7 Å². The lowest BCUT2D eigenvalue weighted by molar-refractivity contribution is -0.124. The summed E-state index contributed by atoms with van der Waals surface area (Å²) in [6, 6.07) is 1.99. The molecule has 234 valence electrons. The number of hydrogen-bond acceptors (Lipinski definition) is 7. The average molecular weight is 615 g/mol. The minimum atomic E-state index is -3.35. The molecule has 4 rings (SSSR count). The van der Waals surface area contributed by atoms with Gasteiger partial charge in [-0.15, -0.1) is 0 Å². The van der Waals surface area contributed by atoms with Gasteiger partial charge in [0.2, 0.25) is 11.8 Å². The number of aromatic nitrogens is 3. The zero-order valence-corrected chi connectivity index (χ0v) is 26.0. The maximum atomic E-state index is 13.3. The molecule has 2 aromatic rings. The highest BCUT2D eigenvalue weighted by atomic mass is 32.2. The van der Waals surface area contributed by atoms with Crippen molar-refractivity contribution in [3.63, 3.8) is 0 Å². The maximum Gasteiger partial charge on any atom is 0.274 e. The van der Waals surface area contributed by atoms with Crippen molar-refractivity contribution in [3.05, 3.63) is 58.4 Å². The van der Waals surface area contributed by atoms with E-state index in [9.17, 15) is 27.6 Å². The van der Waals surface area contributed by atoms with Crippen LogP contribution < -0.4 is 21.5 Å². The molecule has 0 spiro atoms. The Hall–Kier alpha value is -3.74. The van der Waals surface area contributed by atoms with Crippen LogP contribution in [0, 0.1) is 23.7 Å². The van der Waals surface area contributed by atoms with Crippen molar-refractivity contribution in [2.24, 2.45) is 30.7 Å².